The molecule has 0 spiro atoms. The predicted molar refractivity (Wildman–Crippen MR) is 69.7 cm³/mol. The van der Waals surface area contributed by atoms with Crippen molar-refractivity contribution in [3.8, 4) is 11.5 Å². The van der Waals surface area contributed by atoms with Crippen molar-refractivity contribution in [1.29, 1.82) is 0 Å². The SMILES string of the molecule is CCOc1cc(C(=O)O)c(OCC)c(C(=O)O)c1C(=O)O. The highest BCUT2D eigenvalue weighted by molar-refractivity contribution is 6.09. The number of carboxylic acid groups (broad SMARTS) is 3. The highest BCUT2D eigenvalue weighted by Crippen LogP contribution is 2.35. The van der Waals surface area contributed by atoms with E-state index in [4.69, 9.17) is 14.6 Å². The zero-order valence-electron chi connectivity index (χ0n) is 11.4. The molecule has 0 fully saturated rings. The summed E-state index contributed by atoms with van der Waals surface area (Å²) < 4.78 is 10.1. The van der Waals surface area contributed by atoms with Crippen LogP contribution in [0.3, 0.4) is 0 Å². The van der Waals surface area contributed by atoms with Gasteiger partial charge in [-0.15, -0.1) is 0 Å². The van der Waals surface area contributed by atoms with Gasteiger partial charge in [-0.05, 0) is 19.9 Å². The molecular weight excluding hydrogens is 284 g/mol. The van der Waals surface area contributed by atoms with Gasteiger partial charge >= 0.3 is 17.9 Å². The van der Waals surface area contributed by atoms with Gasteiger partial charge in [0.05, 0.1) is 13.2 Å². The summed E-state index contributed by atoms with van der Waals surface area (Å²) in [6, 6.07) is 0.951. The number of rotatable bonds is 7. The number of ether oxygens (including phenoxy) is 2. The van der Waals surface area contributed by atoms with E-state index in [-0.39, 0.29) is 19.0 Å². The minimum Gasteiger partial charge on any atom is -0.493 e. The number of hydrogen-bond acceptors (Lipinski definition) is 5. The van der Waals surface area contributed by atoms with Crippen LogP contribution < -0.4 is 9.47 Å². The highest BCUT2D eigenvalue weighted by atomic mass is 16.5. The van der Waals surface area contributed by atoms with Crippen molar-refractivity contribution < 1.29 is 39.2 Å². The van der Waals surface area contributed by atoms with Crippen LogP contribution in [-0.2, 0) is 0 Å². The number of benzene rings is 1. The maximum absolute atomic E-state index is 11.4. The van der Waals surface area contributed by atoms with Crippen LogP contribution in [0.15, 0.2) is 6.07 Å². The van der Waals surface area contributed by atoms with Crippen LogP contribution in [0.25, 0.3) is 0 Å². The van der Waals surface area contributed by atoms with Crippen LogP contribution in [0, 0.1) is 0 Å². The second-order valence-electron chi connectivity index (χ2n) is 3.78. The minimum atomic E-state index is -1.61. The van der Waals surface area contributed by atoms with Crippen molar-refractivity contribution in [3.63, 3.8) is 0 Å². The smallest absolute Gasteiger partial charge is 0.340 e. The third-order valence-electron chi connectivity index (χ3n) is 2.49. The van der Waals surface area contributed by atoms with Gasteiger partial charge in [0.25, 0.3) is 0 Å². The van der Waals surface area contributed by atoms with E-state index >= 15 is 0 Å². The lowest BCUT2D eigenvalue weighted by Gasteiger charge is -2.16. The molecule has 0 atom stereocenters. The standard InChI is InChI=1S/C13H14O8/c1-3-20-7-5-6(11(14)15)10(21-4-2)9(13(18)19)8(7)12(16)17/h5H,3-4H2,1-2H3,(H,14,15)(H,16,17)(H,18,19). The van der Waals surface area contributed by atoms with Gasteiger partial charge in [0.1, 0.15) is 28.2 Å². The maximum Gasteiger partial charge on any atom is 0.340 e. The van der Waals surface area contributed by atoms with Gasteiger partial charge in [0.2, 0.25) is 0 Å². The number of carboxylic acids is 3. The molecule has 0 saturated heterocycles. The maximum atomic E-state index is 11.4. The molecule has 1 aromatic carbocycles. The molecule has 1 aromatic rings. The Hall–Kier alpha value is -2.77. The molecule has 8 heteroatoms. The van der Waals surface area contributed by atoms with Crippen LogP contribution in [0.1, 0.15) is 44.9 Å². The lowest BCUT2D eigenvalue weighted by Crippen LogP contribution is -2.16. The van der Waals surface area contributed by atoms with Crippen molar-refractivity contribution in [2.75, 3.05) is 13.2 Å². The first-order valence-corrected chi connectivity index (χ1v) is 6.01. The largest absolute Gasteiger partial charge is 0.493 e. The van der Waals surface area contributed by atoms with Crippen molar-refractivity contribution in [2.24, 2.45) is 0 Å². The molecule has 0 saturated carbocycles. The number of aromatic carboxylic acids is 3. The second-order valence-corrected chi connectivity index (χ2v) is 3.78. The summed E-state index contributed by atoms with van der Waals surface area (Å²) in [4.78, 5) is 33.9. The Morgan fingerprint density at radius 2 is 1.43 bits per heavy atom. The molecule has 0 heterocycles. The highest BCUT2D eigenvalue weighted by Gasteiger charge is 2.31. The molecule has 21 heavy (non-hydrogen) atoms. The van der Waals surface area contributed by atoms with Gasteiger partial charge in [-0.1, -0.05) is 0 Å². The summed E-state index contributed by atoms with van der Waals surface area (Å²) in [6.45, 7) is 3.11. The van der Waals surface area contributed by atoms with E-state index in [1.807, 2.05) is 0 Å². The van der Waals surface area contributed by atoms with Crippen LogP contribution in [0.5, 0.6) is 11.5 Å². The van der Waals surface area contributed by atoms with Gasteiger partial charge in [0, 0.05) is 0 Å². The molecule has 0 aliphatic heterocycles. The zero-order chi connectivity index (χ0) is 16.2. The molecule has 8 nitrogen and oxygen atoms in total. The van der Waals surface area contributed by atoms with Gasteiger partial charge in [-0.2, -0.15) is 0 Å². The Labute approximate surface area is 119 Å². The summed E-state index contributed by atoms with van der Waals surface area (Å²) >= 11 is 0. The zero-order valence-corrected chi connectivity index (χ0v) is 11.4. The molecule has 0 unspecified atom stereocenters. The van der Waals surface area contributed by atoms with E-state index in [1.54, 1.807) is 6.92 Å². The van der Waals surface area contributed by atoms with Crippen LogP contribution in [0.2, 0.25) is 0 Å². The van der Waals surface area contributed by atoms with E-state index in [0.717, 1.165) is 6.07 Å². The van der Waals surface area contributed by atoms with Crippen molar-refractivity contribution in [1.82, 2.24) is 0 Å². The van der Waals surface area contributed by atoms with Crippen LogP contribution in [-0.4, -0.2) is 46.4 Å². The Bertz CT molecular complexity index is 590. The molecular formula is C13H14O8. The molecule has 114 valence electrons. The van der Waals surface area contributed by atoms with Gasteiger partial charge in [-0.25, -0.2) is 14.4 Å². The van der Waals surface area contributed by atoms with E-state index in [2.05, 4.69) is 0 Å². The van der Waals surface area contributed by atoms with Gasteiger partial charge in [0.15, 0.2) is 0 Å². The molecule has 1 rings (SSSR count). The summed E-state index contributed by atoms with van der Waals surface area (Å²) in [5.41, 5.74) is -1.85. The van der Waals surface area contributed by atoms with Crippen molar-refractivity contribution in [3.05, 3.63) is 22.8 Å². The molecule has 0 amide bonds. The molecule has 0 aliphatic rings. The second kappa shape index (κ2) is 6.60. The third kappa shape index (κ3) is 3.22. The molecule has 3 N–H and O–H groups in total. The summed E-state index contributed by atoms with van der Waals surface area (Å²) in [6.07, 6.45) is 0. The lowest BCUT2D eigenvalue weighted by atomic mass is 10.0. The fourth-order valence-electron chi connectivity index (χ4n) is 1.78. The average Bonchev–Trinajstić information content (AvgIpc) is 2.38. The normalized spacial score (nSPS) is 10.0. The Kier molecular flexibility index (Phi) is 5.12. The summed E-state index contributed by atoms with van der Waals surface area (Å²) in [7, 11) is 0. The number of carbonyl (C=O) groups is 3. The van der Waals surface area contributed by atoms with E-state index in [0.29, 0.717) is 0 Å². The van der Waals surface area contributed by atoms with E-state index in [1.165, 1.54) is 6.92 Å². The summed E-state index contributed by atoms with van der Waals surface area (Å²) in [5, 5.41) is 27.6. The average molecular weight is 298 g/mol. The Morgan fingerprint density at radius 3 is 1.81 bits per heavy atom. The minimum absolute atomic E-state index is 0.0202. The van der Waals surface area contributed by atoms with Crippen molar-refractivity contribution in [2.45, 2.75) is 13.8 Å². The lowest BCUT2D eigenvalue weighted by molar-refractivity contribution is 0.0638. The van der Waals surface area contributed by atoms with Crippen LogP contribution >= 0.6 is 0 Å². The number of hydrogen-bond donors (Lipinski definition) is 3. The Balaban J connectivity index is 3.83. The van der Waals surface area contributed by atoms with E-state index < -0.39 is 40.3 Å². The first kappa shape index (κ1) is 16.3. The van der Waals surface area contributed by atoms with Gasteiger partial charge < -0.3 is 24.8 Å². The predicted octanol–water partition coefficient (Wildman–Crippen LogP) is 1.58. The molecule has 0 aromatic heterocycles. The molecule has 0 bridgehead atoms. The first-order chi connectivity index (χ1) is 9.84. The van der Waals surface area contributed by atoms with Crippen molar-refractivity contribution >= 4 is 17.9 Å². The van der Waals surface area contributed by atoms with Crippen LogP contribution in [0.4, 0.5) is 0 Å². The molecule has 0 aliphatic carbocycles. The molecule has 0 radical (unpaired) electrons. The fourth-order valence-corrected chi connectivity index (χ4v) is 1.78. The summed E-state index contributed by atoms with van der Waals surface area (Å²) in [5.74, 6) is -5.44. The topological polar surface area (TPSA) is 130 Å². The quantitative estimate of drug-likeness (QED) is 0.691. The third-order valence-corrected chi connectivity index (χ3v) is 2.49. The fraction of sp³-hybridized carbons (Fsp3) is 0.308. The monoisotopic (exact) mass is 298 g/mol. The van der Waals surface area contributed by atoms with E-state index in [9.17, 15) is 24.6 Å². The first-order valence-electron chi connectivity index (χ1n) is 6.01. The Morgan fingerprint density at radius 1 is 0.905 bits per heavy atom. The van der Waals surface area contributed by atoms with Gasteiger partial charge in [-0.3, -0.25) is 0 Å².